The van der Waals surface area contributed by atoms with Crippen molar-refractivity contribution in [1.29, 1.82) is 0 Å². The summed E-state index contributed by atoms with van der Waals surface area (Å²) in [6.45, 7) is 1.68. The van der Waals surface area contributed by atoms with Gasteiger partial charge in [-0.2, -0.15) is 0 Å². The fourth-order valence-corrected chi connectivity index (χ4v) is 3.63. The second-order valence-electron chi connectivity index (χ2n) is 6.52. The molecule has 1 heterocycles. The molecule has 2 nitrogen and oxygen atoms in total. The summed E-state index contributed by atoms with van der Waals surface area (Å²) < 4.78 is 5.78. The van der Waals surface area contributed by atoms with Crippen LogP contribution >= 0.6 is 0 Å². The van der Waals surface area contributed by atoms with Crippen LogP contribution in [0.15, 0.2) is 84.9 Å². The van der Waals surface area contributed by atoms with Gasteiger partial charge in [0.25, 0.3) is 0 Å². The third kappa shape index (κ3) is 3.59. The first kappa shape index (κ1) is 15.9. The van der Waals surface area contributed by atoms with Crippen LogP contribution in [0.4, 0.5) is 0 Å². The van der Waals surface area contributed by atoms with Crippen molar-refractivity contribution in [3.8, 4) is 5.75 Å². The molecule has 1 N–H and O–H groups in total. The quantitative estimate of drug-likeness (QED) is 0.692. The van der Waals surface area contributed by atoms with Gasteiger partial charge in [-0.1, -0.05) is 78.9 Å². The molecule has 0 spiro atoms. The first-order valence-electron chi connectivity index (χ1n) is 8.97. The zero-order valence-electron chi connectivity index (χ0n) is 14.3. The Morgan fingerprint density at radius 3 is 2.08 bits per heavy atom. The van der Waals surface area contributed by atoms with Gasteiger partial charge in [0.05, 0.1) is 6.04 Å². The van der Waals surface area contributed by atoms with Gasteiger partial charge in [-0.3, -0.25) is 0 Å². The second kappa shape index (κ2) is 7.54. The monoisotopic (exact) mass is 329 g/mol. The Kier molecular flexibility index (Phi) is 4.80. The molecule has 4 rings (SSSR count). The van der Waals surface area contributed by atoms with E-state index in [-0.39, 0.29) is 0 Å². The van der Waals surface area contributed by atoms with E-state index in [4.69, 9.17) is 4.74 Å². The highest BCUT2D eigenvalue weighted by molar-refractivity contribution is 5.39. The molecule has 1 atom stereocenters. The largest absolute Gasteiger partial charge is 0.491 e. The summed E-state index contributed by atoms with van der Waals surface area (Å²) in [5.74, 6) is 1.43. The lowest BCUT2D eigenvalue weighted by molar-refractivity contribution is 0.310. The molecule has 0 bridgehead atoms. The van der Waals surface area contributed by atoms with Crippen molar-refractivity contribution in [2.45, 2.75) is 18.4 Å². The zero-order valence-corrected chi connectivity index (χ0v) is 14.3. The van der Waals surface area contributed by atoms with Gasteiger partial charge in [0.15, 0.2) is 0 Å². The molecule has 0 saturated heterocycles. The third-order valence-corrected chi connectivity index (χ3v) is 4.93. The molecule has 3 aromatic rings. The molecular weight excluding hydrogens is 306 g/mol. The SMILES string of the molecule is c1ccc(C(CCNC2COc3ccccc32)c2ccccc2)cc1. The molecule has 0 aromatic heterocycles. The molecule has 0 radical (unpaired) electrons. The first-order valence-corrected chi connectivity index (χ1v) is 8.97. The maximum absolute atomic E-state index is 5.78. The molecule has 3 aromatic carbocycles. The van der Waals surface area contributed by atoms with Crippen LogP contribution in [-0.2, 0) is 0 Å². The van der Waals surface area contributed by atoms with Gasteiger partial charge in [0.1, 0.15) is 12.4 Å². The molecule has 126 valence electrons. The molecule has 0 fully saturated rings. The predicted molar refractivity (Wildman–Crippen MR) is 102 cm³/mol. The van der Waals surface area contributed by atoms with E-state index < -0.39 is 0 Å². The van der Waals surface area contributed by atoms with E-state index in [1.165, 1.54) is 16.7 Å². The molecular formula is C23H23NO. The highest BCUT2D eigenvalue weighted by atomic mass is 16.5. The zero-order chi connectivity index (χ0) is 16.9. The maximum Gasteiger partial charge on any atom is 0.124 e. The standard InChI is InChI=1S/C23H23NO/c1-3-9-18(10-4-1)20(19-11-5-2-6-12-19)15-16-24-22-17-25-23-14-8-7-13-21(22)23/h1-14,20,22,24H,15-17H2. The Balaban J connectivity index is 1.45. The number of rotatable bonds is 6. The Labute approximate surface area is 149 Å². The summed E-state index contributed by atoms with van der Waals surface area (Å²) in [5, 5.41) is 3.68. The fraction of sp³-hybridized carbons (Fsp3) is 0.217. The number of hydrogen-bond acceptors (Lipinski definition) is 2. The van der Waals surface area contributed by atoms with Crippen LogP contribution in [0.1, 0.15) is 35.1 Å². The molecule has 0 aliphatic carbocycles. The summed E-state index contributed by atoms with van der Waals surface area (Å²) >= 11 is 0. The number of nitrogens with one attached hydrogen (secondary N) is 1. The lowest BCUT2D eigenvalue weighted by atomic mass is 9.88. The Morgan fingerprint density at radius 2 is 1.40 bits per heavy atom. The van der Waals surface area contributed by atoms with Crippen LogP contribution in [0, 0.1) is 0 Å². The van der Waals surface area contributed by atoms with Crippen LogP contribution < -0.4 is 10.1 Å². The molecule has 2 heteroatoms. The molecule has 0 amide bonds. The Hall–Kier alpha value is -2.58. The average molecular weight is 329 g/mol. The third-order valence-electron chi connectivity index (χ3n) is 4.93. The maximum atomic E-state index is 5.78. The first-order chi connectivity index (χ1) is 12.4. The highest BCUT2D eigenvalue weighted by Gasteiger charge is 2.23. The number of para-hydroxylation sites is 1. The van der Waals surface area contributed by atoms with Gasteiger partial charge in [-0.15, -0.1) is 0 Å². The van der Waals surface area contributed by atoms with Crippen molar-refractivity contribution < 1.29 is 4.74 Å². The van der Waals surface area contributed by atoms with Gasteiger partial charge in [-0.25, -0.2) is 0 Å². The summed E-state index contributed by atoms with van der Waals surface area (Å²) in [6.07, 6.45) is 1.06. The topological polar surface area (TPSA) is 21.3 Å². The highest BCUT2D eigenvalue weighted by Crippen LogP contribution is 2.32. The second-order valence-corrected chi connectivity index (χ2v) is 6.52. The van der Waals surface area contributed by atoms with Crippen molar-refractivity contribution in [3.63, 3.8) is 0 Å². The number of hydrogen-bond donors (Lipinski definition) is 1. The minimum absolute atomic E-state index is 0.295. The molecule has 1 aliphatic rings. The normalized spacial score (nSPS) is 15.8. The van der Waals surface area contributed by atoms with E-state index in [1.807, 2.05) is 12.1 Å². The van der Waals surface area contributed by atoms with Crippen LogP contribution in [0.25, 0.3) is 0 Å². The smallest absolute Gasteiger partial charge is 0.124 e. The van der Waals surface area contributed by atoms with Crippen molar-refractivity contribution >= 4 is 0 Å². The van der Waals surface area contributed by atoms with Gasteiger partial charge in [0, 0.05) is 11.5 Å². The minimum Gasteiger partial charge on any atom is -0.491 e. The van der Waals surface area contributed by atoms with Crippen LogP contribution in [0.3, 0.4) is 0 Å². The van der Waals surface area contributed by atoms with Gasteiger partial charge >= 0.3 is 0 Å². The van der Waals surface area contributed by atoms with E-state index in [9.17, 15) is 0 Å². The number of benzene rings is 3. The van der Waals surface area contributed by atoms with E-state index in [0.717, 1.165) is 25.3 Å². The minimum atomic E-state index is 0.295. The van der Waals surface area contributed by atoms with E-state index >= 15 is 0 Å². The van der Waals surface area contributed by atoms with E-state index in [0.29, 0.717) is 12.0 Å². The van der Waals surface area contributed by atoms with Crippen molar-refractivity contribution in [1.82, 2.24) is 5.32 Å². The molecule has 0 saturated carbocycles. The summed E-state index contributed by atoms with van der Waals surface area (Å²) in [5.41, 5.74) is 4.02. The van der Waals surface area contributed by atoms with Crippen molar-refractivity contribution in [2.24, 2.45) is 0 Å². The lowest BCUT2D eigenvalue weighted by Crippen LogP contribution is -2.25. The van der Waals surface area contributed by atoms with E-state index in [2.05, 4.69) is 78.1 Å². The Morgan fingerprint density at radius 1 is 0.800 bits per heavy atom. The lowest BCUT2D eigenvalue weighted by Gasteiger charge is -2.20. The molecule has 1 aliphatic heterocycles. The predicted octanol–water partition coefficient (Wildman–Crippen LogP) is 4.93. The fourth-order valence-electron chi connectivity index (χ4n) is 3.63. The van der Waals surface area contributed by atoms with Crippen LogP contribution in [-0.4, -0.2) is 13.2 Å². The molecule has 25 heavy (non-hydrogen) atoms. The Bertz CT molecular complexity index is 761. The van der Waals surface area contributed by atoms with Crippen LogP contribution in [0.2, 0.25) is 0 Å². The average Bonchev–Trinajstić information content (AvgIpc) is 3.10. The molecule has 1 unspecified atom stereocenters. The van der Waals surface area contributed by atoms with Crippen molar-refractivity contribution in [2.75, 3.05) is 13.2 Å². The van der Waals surface area contributed by atoms with Crippen LogP contribution in [0.5, 0.6) is 5.75 Å². The van der Waals surface area contributed by atoms with Gasteiger partial charge in [-0.05, 0) is 30.2 Å². The summed E-state index contributed by atoms with van der Waals surface area (Å²) in [6, 6.07) is 30.2. The summed E-state index contributed by atoms with van der Waals surface area (Å²) in [7, 11) is 0. The number of ether oxygens (including phenoxy) is 1. The number of fused-ring (bicyclic) bond motifs is 1. The van der Waals surface area contributed by atoms with Gasteiger partial charge in [0.2, 0.25) is 0 Å². The summed E-state index contributed by atoms with van der Waals surface area (Å²) in [4.78, 5) is 0. The van der Waals surface area contributed by atoms with Gasteiger partial charge < -0.3 is 10.1 Å². The van der Waals surface area contributed by atoms with E-state index in [1.54, 1.807) is 0 Å². The van der Waals surface area contributed by atoms with Crippen molar-refractivity contribution in [3.05, 3.63) is 102 Å².